The Morgan fingerprint density at radius 1 is 0.882 bits per heavy atom. The minimum atomic E-state index is -0.447. The first-order chi connectivity index (χ1) is 8.29. The van der Waals surface area contributed by atoms with Gasteiger partial charge in [0.25, 0.3) is 0 Å². The van der Waals surface area contributed by atoms with Gasteiger partial charge in [-0.2, -0.15) is 0 Å². The van der Waals surface area contributed by atoms with Crippen LogP contribution in [0.5, 0.6) is 0 Å². The van der Waals surface area contributed by atoms with Crippen molar-refractivity contribution in [3.05, 3.63) is 59.2 Å². The van der Waals surface area contributed by atoms with Gasteiger partial charge in [0.2, 0.25) is 0 Å². The molecule has 0 fully saturated rings. The number of aliphatic hydroxyl groups is 1. The van der Waals surface area contributed by atoms with E-state index in [1.807, 2.05) is 51.1 Å². The van der Waals surface area contributed by atoms with Crippen LogP contribution in [-0.2, 0) is 0 Å². The van der Waals surface area contributed by atoms with E-state index in [4.69, 9.17) is 0 Å². The van der Waals surface area contributed by atoms with Crippen LogP contribution in [-0.4, -0.2) is 5.11 Å². The van der Waals surface area contributed by atoms with Crippen LogP contribution in [0, 0.1) is 6.92 Å². The summed E-state index contributed by atoms with van der Waals surface area (Å²) in [5.74, 6) is 0. The van der Waals surface area contributed by atoms with Gasteiger partial charge in [0, 0.05) is 0 Å². The van der Waals surface area contributed by atoms with Crippen LogP contribution in [0.3, 0.4) is 0 Å². The van der Waals surface area contributed by atoms with E-state index >= 15 is 0 Å². The van der Waals surface area contributed by atoms with Gasteiger partial charge in [-0.3, -0.25) is 0 Å². The van der Waals surface area contributed by atoms with Gasteiger partial charge in [0.1, 0.15) is 6.10 Å². The molecular formula is C16H18O. The molecule has 1 heteroatoms. The standard InChI is InChI=1S/C14H12O.C2H6/c1-9-5-4-8-11-10-6-2-3-7-12(10)14(15)13(9)11;1-2/h2-8,14-15H,1H3;1-2H3. The molecule has 2 aromatic rings. The predicted octanol–water partition coefficient (Wildman–Crippen LogP) is 4.08. The second-order valence-corrected chi connectivity index (χ2v) is 4.03. The lowest BCUT2D eigenvalue weighted by Crippen LogP contribution is -1.95. The molecule has 1 nitrogen and oxygen atoms in total. The number of hydrogen-bond acceptors (Lipinski definition) is 1. The second-order valence-electron chi connectivity index (χ2n) is 4.03. The highest BCUT2D eigenvalue weighted by Gasteiger charge is 2.27. The summed E-state index contributed by atoms with van der Waals surface area (Å²) in [5, 5.41) is 10.2. The number of rotatable bonds is 0. The summed E-state index contributed by atoms with van der Waals surface area (Å²) in [4.78, 5) is 0. The maximum absolute atomic E-state index is 10.2. The topological polar surface area (TPSA) is 20.2 Å². The molecule has 0 spiro atoms. The number of aryl methyl sites for hydroxylation is 1. The Hall–Kier alpha value is -1.60. The minimum absolute atomic E-state index is 0.447. The lowest BCUT2D eigenvalue weighted by molar-refractivity contribution is 0.224. The van der Waals surface area contributed by atoms with Crippen LogP contribution in [0.1, 0.15) is 36.6 Å². The molecule has 0 radical (unpaired) electrons. The smallest absolute Gasteiger partial charge is 0.106 e. The van der Waals surface area contributed by atoms with Gasteiger partial charge in [0.05, 0.1) is 0 Å². The van der Waals surface area contributed by atoms with Crippen molar-refractivity contribution in [2.24, 2.45) is 0 Å². The van der Waals surface area contributed by atoms with Crippen molar-refractivity contribution in [3.63, 3.8) is 0 Å². The minimum Gasteiger partial charge on any atom is -0.384 e. The first-order valence-corrected chi connectivity index (χ1v) is 6.16. The average molecular weight is 226 g/mol. The van der Waals surface area contributed by atoms with E-state index in [1.54, 1.807) is 0 Å². The quantitative estimate of drug-likeness (QED) is 0.717. The summed E-state index contributed by atoms with van der Waals surface area (Å²) in [6.07, 6.45) is -0.447. The summed E-state index contributed by atoms with van der Waals surface area (Å²) in [5.41, 5.74) is 5.61. The predicted molar refractivity (Wildman–Crippen MR) is 72.0 cm³/mol. The second kappa shape index (κ2) is 4.72. The molecule has 2 aromatic carbocycles. The molecular weight excluding hydrogens is 208 g/mol. The first kappa shape index (κ1) is 11.9. The fourth-order valence-corrected chi connectivity index (χ4v) is 2.41. The summed E-state index contributed by atoms with van der Waals surface area (Å²) in [6.45, 7) is 6.05. The van der Waals surface area contributed by atoms with E-state index in [1.165, 1.54) is 11.1 Å². The van der Waals surface area contributed by atoms with Crippen molar-refractivity contribution in [2.75, 3.05) is 0 Å². The zero-order valence-corrected chi connectivity index (χ0v) is 10.6. The fraction of sp³-hybridized carbons (Fsp3) is 0.250. The molecule has 1 N–H and O–H groups in total. The molecule has 1 unspecified atom stereocenters. The van der Waals surface area contributed by atoms with Gasteiger partial charge >= 0.3 is 0 Å². The molecule has 17 heavy (non-hydrogen) atoms. The molecule has 1 aliphatic rings. The molecule has 0 bridgehead atoms. The third-order valence-corrected chi connectivity index (χ3v) is 3.14. The monoisotopic (exact) mass is 226 g/mol. The lowest BCUT2D eigenvalue weighted by atomic mass is 10.0. The van der Waals surface area contributed by atoms with Crippen molar-refractivity contribution in [1.82, 2.24) is 0 Å². The Morgan fingerprint density at radius 2 is 1.53 bits per heavy atom. The van der Waals surface area contributed by atoms with E-state index in [0.29, 0.717) is 0 Å². The molecule has 0 heterocycles. The number of fused-ring (bicyclic) bond motifs is 3. The zero-order valence-electron chi connectivity index (χ0n) is 10.6. The lowest BCUT2D eigenvalue weighted by Gasteiger charge is -2.07. The van der Waals surface area contributed by atoms with Gasteiger partial charge in [-0.25, -0.2) is 0 Å². The van der Waals surface area contributed by atoms with Gasteiger partial charge in [-0.1, -0.05) is 56.3 Å². The van der Waals surface area contributed by atoms with E-state index < -0.39 is 6.10 Å². The largest absolute Gasteiger partial charge is 0.384 e. The van der Waals surface area contributed by atoms with Crippen molar-refractivity contribution in [3.8, 4) is 11.1 Å². The number of hydrogen-bond donors (Lipinski definition) is 1. The maximum Gasteiger partial charge on any atom is 0.106 e. The van der Waals surface area contributed by atoms with Crippen LogP contribution in [0.4, 0.5) is 0 Å². The third kappa shape index (κ3) is 1.77. The van der Waals surface area contributed by atoms with Crippen LogP contribution in [0.15, 0.2) is 42.5 Å². The molecule has 1 atom stereocenters. The Bertz CT molecular complexity index is 529. The Kier molecular flexibility index (Phi) is 3.30. The van der Waals surface area contributed by atoms with E-state index in [9.17, 15) is 5.11 Å². The average Bonchev–Trinajstić information content (AvgIpc) is 2.68. The van der Waals surface area contributed by atoms with Crippen LogP contribution in [0.25, 0.3) is 11.1 Å². The molecule has 0 saturated carbocycles. The molecule has 0 saturated heterocycles. The molecule has 0 aliphatic heterocycles. The Balaban J connectivity index is 0.000000514. The highest BCUT2D eigenvalue weighted by atomic mass is 16.3. The third-order valence-electron chi connectivity index (χ3n) is 3.14. The molecule has 0 amide bonds. The number of aliphatic hydroxyl groups excluding tert-OH is 1. The summed E-state index contributed by atoms with van der Waals surface area (Å²) >= 11 is 0. The van der Waals surface area contributed by atoms with Crippen LogP contribution in [0.2, 0.25) is 0 Å². The maximum atomic E-state index is 10.2. The molecule has 1 aliphatic carbocycles. The Morgan fingerprint density at radius 3 is 2.29 bits per heavy atom. The fourth-order valence-electron chi connectivity index (χ4n) is 2.41. The van der Waals surface area contributed by atoms with Crippen molar-refractivity contribution < 1.29 is 5.11 Å². The van der Waals surface area contributed by atoms with E-state index in [2.05, 4.69) is 12.1 Å². The first-order valence-electron chi connectivity index (χ1n) is 6.16. The van der Waals surface area contributed by atoms with Gasteiger partial charge < -0.3 is 5.11 Å². The summed E-state index contributed by atoms with van der Waals surface area (Å²) in [6, 6.07) is 14.2. The van der Waals surface area contributed by atoms with Gasteiger partial charge in [-0.05, 0) is 34.7 Å². The number of benzene rings is 2. The zero-order chi connectivity index (χ0) is 12.4. The van der Waals surface area contributed by atoms with E-state index in [-0.39, 0.29) is 0 Å². The molecule has 3 rings (SSSR count). The van der Waals surface area contributed by atoms with E-state index in [0.717, 1.165) is 16.7 Å². The SMILES string of the molecule is CC.Cc1cccc2c1C(O)c1ccccc1-2. The summed E-state index contributed by atoms with van der Waals surface area (Å²) < 4.78 is 0. The van der Waals surface area contributed by atoms with Crippen molar-refractivity contribution in [2.45, 2.75) is 26.9 Å². The molecule has 0 aromatic heterocycles. The normalized spacial score (nSPS) is 15.6. The highest BCUT2D eigenvalue weighted by Crippen LogP contribution is 2.44. The van der Waals surface area contributed by atoms with Gasteiger partial charge in [0.15, 0.2) is 0 Å². The van der Waals surface area contributed by atoms with Crippen LogP contribution >= 0.6 is 0 Å². The molecule has 88 valence electrons. The Labute approximate surface area is 103 Å². The highest BCUT2D eigenvalue weighted by molar-refractivity contribution is 5.79. The van der Waals surface area contributed by atoms with Gasteiger partial charge in [-0.15, -0.1) is 0 Å². The van der Waals surface area contributed by atoms with Crippen molar-refractivity contribution in [1.29, 1.82) is 0 Å². The summed E-state index contributed by atoms with van der Waals surface area (Å²) in [7, 11) is 0. The van der Waals surface area contributed by atoms with Crippen LogP contribution < -0.4 is 0 Å². The van der Waals surface area contributed by atoms with Crippen molar-refractivity contribution >= 4 is 0 Å².